The van der Waals surface area contributed by atoms with E-state index in [1.165, 1.54) is 16.2 Å². The van der Waals surface area contributed by atoms with Crippen LogP contribution in [0.2, 0.25) is 0 Å². The standard InChI is InChI=1S/C18H17O/c1-2-3-12-19-18-16-10-6-4-8-14(16)13-15-9-5-7-11-17(15)18/h4-10,13H,2-3,12H2,1H3. The maximum atomic E-state index is 6.04. The van der Waals surface area contributed by atoms with Gasteiger partial charge in [-0.05, 0) is 29.3 Å². The molecule has 0 saturated heterocycles. The van der Waals surface area contributed by atoms with E-state index < -0.39 is 0 Å². The molecule has 0 atom stereocenters. The maximum Gasteiger partial charge on any atom is 0.135 e. The van der Waals surface area contributed by atoms with Gasteiger partial charge in [-0.25, -0.2) is 0 Å². The van der Waals surface area contributed by atoms with Crippen molar-refractivity contribution in [3.8, 4) is 5.75 Å². The lowest BCUT2D eigenvalue weighted by Gasteiger charge is -2.12. The monoisotopic (exact) mass is 249 g/mol. The highest BCUT2D eigenvalue weighted by Crippen LogP contribution is 2.34. The zero-order valence-electron chi connectivity index (χ0n) is 11.1. The van der Waals surface area contributed by atoms with Crippen molar-refractivity contribution in [3.05, 3.63) is 54.6 Å². The van der Waals surface area contributed by atoms with Crippen LogP contribution in [0.15, 0.2) is 48.5 Å². The quantitative estimate of drug-likeness (QED) is 0.468. The molecule has 3 aromatic rings. The zero-order chi connectivity index (χ0) is 13.1. The molecule has 0 aromatic heterocycles. The molecular weight excluding hydrogens is 232 g/mol. The Bertz CT molecular complexity index is 646. The molecule has 0 aliphatic carbocycles. The second kappa shape index (κ2) is 5.31. The summed E-state index contributed by atoms with van der Waals surface area (Å²) < 4.78 is 6.04. The molecule has 0 saturated carbocycles. The highest BCUT2D eigenvalue weighted by atomic mass is 16.5. The first-order chi connectivity index (χ1) is 9.40. The third-order valence-electron chi connectivity index (χ3n) is 3.38. The van der Waals surface area contributed by atoms with Crippen molar-refractivity contribution in [1.82, 2.24) is 0 Å². The lowest BCUT2D eigenvalue weighted by molar-refractivity contribution is 0.316. The topological polar surface area (TPSA) is 9.23 Å². The fraction of sp³-hybridized carbons (Fsp3) is 0.222. The first kappa shape index (κ1) is 12.0. The summed E-state index contributed by atoms with van der Waals surface area (Å²) >= 11 is 0. The van der Waals surface area contributed by atoms with Crippen molar-refractivity contribution >= 4 is 21.5 Å². The van der Waals surface area contributed by atoms with Crippen LogP contribution in [0.1, 0.15) is 19.8 Å². The van der Waals surface area contributed by atoms with Crippen LogP contribution in [0.4, 0.5) is 0 Å². The summed E-state index contributed by atoms with van der Waals surface area (Å²) in [6.07, 6.45) is 2.23. The second-order valence-electron chi connectivity index (χ2n) is 4.76. The SMILES string of the molecule is CCCCOc1c2[c]cccc2cc2ccccc12. The summed E-state index contributed by atoms with van der Waals surface area (Å²) in [7, 11) is 0. The molecular formula is C18H17O. The van der Waals surface area contributed by atoms with Gasteiger partial charge >= 0.3 is 0 Å². The van der Waals surface area contributed by atoms with Gasteiger partial charge in [-0.2, -0.15) is 0 Å². The van der Waals surface area contributed by atoms with E-state index >= 15 is 0 Å². The molecule has 0 bridgehead atoms. The van der Waals surface area contributed by atoms with Crippen LogP contribution in [-0.2, 0) is 0 Å². The van der Waals surface area contributed by atoms with Crippen LogP contribution in [-0.4, -0.2) is 6.61 Å². The van der Waals surface area contributed by atoms with Crippen LogP contribution in [0.3, 0.4) is 0 Å². The minimum Gasteiger partial charge on any atom is -0.492 e. The summed E-state index contributed by atoms with van der Waals surface area (Å²) in [6.45, 7) is 2.94. The van der Waals surface area contributed by atoms with Gasteiger partial charge in [0.2, 0.25) is 0 Å². The highest BCUT2D eigenvalue weighted by Gasteiger charge is 2.08. The van der Waals surface area contributed by atoms with E-state index in [1.54, 1.807) is 0 Å². The lowest BCUT2D eigenvalue weighted by Crippen LogP contribution is -1.98. The van der Waals surface area contributed by atoms with Crippen LogP contribution < -0.4 is 4.74 Å². The average Bonchev–Trinajstić information content (AvgIpc) is 2.46. The van der Waals surface area contributed by atoms with E-state index in [-0.39, 0.29) is 0 Å². The van der Waals surface area contributed by atoms with E-state index in [4.69, 9.17) is 4.74 Å². The number of ether oxygens (including phenoxy) is 1. The second-order valence-corrected chi connectivity index (χ2v) is 4.76. The minimum absolute atomic E-state index is 0.766. The fourth-order valence-electron chi connectivity index (χ4n) is 2.37. The molecule has 1 radical (unpaired) electrons. The maximum absolute atomic E-state index is 6.04. The Hall–Kier alpha value is -2.02. The molecule has 1 nitrogen and oxygen atoms in total. The molecule has 0 aliphatic rings. The molecule has 0 aliphatic heterocycles. The van der Waals surface area contributed by atoms with Gasteiger partial charge in [0.15, 0.2) is 0 Å². The Morgan fingerprint density at radius 3 is 2.79 bits per heavy atom. The molecule has 3 rings (SSSR count). The van der Waals surface area contributed by atoms with Gasteiger partial charge in [-0.1, -0.05) is 55.8 Å². The van der Waals surface area contributed by atoms with Crippen LogP contribution >= 0.6 is 0 Å². The first-order valence-corrected chi connectivity index (χ1v) is 6.85. The molecule has 95 valence electrons. The summed E-state index contributed by atoms with van der Waals surface area (Å²) in [5.41, 5.74) is 0. The van der Waals surface area contributed by atoms with Crippen molar-refractivity contribution in [2.24, 2.45) is 0 Å². The Kier molecular flexibility index (Phi) is 3.37. The van der Waals surface area contributed by atoms with Gasteiger partial charge in [0.05, 0.1) is 6.61 Å². The molecule has 0 heterocycles. The Labute approximate surface area is 113 Å². The number of unbranched alkanes of at least 4 members (excludes halogenated alkanes) is 1. The number of rotatable bonds is 4. The average molecular weight is 249 g/mol. The molecule has 0 unspecified atom stereocenters. The Balaban J connectivity index is 2.21. The number of benzene rings is 3. The van der Waals surface area contributed by atoms with E-state index in [0.717, 1.165) is 30.6 Å². The number of hydrogen-bond acceptors (Lipinski definition) is 1. The summed E-state index contributed by atoms with van der Waals surface area (Å²) in [6, 6.07) is 20.0. The lowest BCUT2D eigenvalue weighted by atomic mass is 10.0. The molecule has 0 N–H and O–H groups in total. The van der Waals surface area contributed by atoms with E-state index in [2.05, 4.69) is 49.4 Å². The summed E-state index contributed by atoms with van der Waals surface area (Å²) in [5, 5.41) is 4.67. The molecule has 1 heteroatoms. The smallest absolute Gasteiger partial charge is 0.135 e. The zero-order valence-corrected chi connectivity index (χ0v) is 11.1. The van der Waals surface area contributed by atoms with E-state index in [1.807, 2.05) is 12.1 Å². The number of hydrogen-bond donors (Lipinski definition) is 0. The van der Waals surface area contributed by atoms with Crippen molar-refractivity contribution in [3.63, 3.8) is 0 Å². The first-order valence-electron chi connectivity index (χ1n) is 6.85. The Morgan fingerprint density at radius 2 is 1.89 bits per heavy atom. The minimum atomic E-state index is 0.766. The van der Waals surface area contributed by atoms with Crippen LogP contribution in [0.5, 0.6) is 5.75 Å². The predicted molar refractivity (Wildman–Crippen MR) is 80.7 cm³/mol. The Morgan fingerprint density at radius 1 is 1.05 bits per heavy atom. The molecule has 19 heavy (non-hydrogen) atoms. The van der Waals surface area contributed by atoms with Crippen molar-refractivity contribution in [1.29, 1.82) is 0 Å². The predicted octanol–water partition coefficient (Wildman–Crippen LogP) is 4.97. The van der Waals surface area contributed by atoms with Crippen molar-refractivity contribution in [2.75, 3.05) is 6.61 Å². The number of fused-ring (bicyclic) bond motifs is 2. The highest BCUT2D eigenvalue weighted by molar-refractivity contribution is 6.04. The molecule has 3 aromatic carbocycles. The molecule has 0 spiro atoms. The summed E-state index contributed by atoms with van der Waals surface area (Å²) in [5.74, 6) is 0.974. The van der Waals surface area contributed by atoms with Crippen molar-refractivity contribution < 1.29 is 4.74 Å². The van der Waals surface area contributed by atoms with Crippen LogP contribution in [0, 0.1) is 6.07 Å². The molecule has 0 amide bonds. The third kappa shape index (κ3) is 2.28. The van der Waals surface area contributed by atoms with E-state index in [0.29, 0.717) is 0 Å². The van der Waals surface area contributed by atoms with Gasteiger partial charge in [0.25, 0.3) is 0 Å². The third-order valence-corrected chi connectivity index (χ3v) is 3.38. The summed E-state index contributed by atoms with van der Waals surface area (Å²) in [4.78, 5) is 0. The normalized spacial score (nSPS) is 11.0. The largest absolute Gasteiger partial charge is 0.492 e. The van der Waals surface area contributed by atoms with Crippen molar-refractivity contribution in [2.45, 2.75) is 19.8 Å². The van der Waals surface area contributed by atoms with Gasteiger partial charge in [-0.3, -0.25) is 0 Å². The van der Waals surface area contributed by atoms with Gasteiger partial charge in [0.1, 0.15) is 5.75 Å². The van der Waals surface area contributed by atoms with Gasteiger partial charge in [-0.15, -0.1) is 0 Å². The molecule has 0 fully saturated rings. The van der Waals surface area contributed by atoms with Gasteiger partial charge in [0, 0.05) is 10.8 Å². The van der Waals surface area contributed by atoms with Gasteiger partial charge < -0.3 is 4.74 Å². The van der Waals surface area contributed by atoms with Crippen LogP contribution in [0.25, 0.3) is 21.5 Å². The van der Waals surface area contributed by atoms with E-state index in [9.17, 15) is 0 Å². The fourth-order valence-corrected chi connectivity index (χ4v) is 2.37.